The van der Waals surface area contributed by atoms with Crippen molar-refractivity contribution in [1.29, 1.82) is 0 Å². The average Bonchev–Trinajstić information content (AvgIpc) is 2.54. The molecule has 0 aliphatic heterocycles. The van der Waals surface area contributed by atoms with Crippen LogP contribution >= 0.6 is 0 Å². The van der Waals surface area contributed by atoms with Gasteiger partial charge >= 0.3 is 5.97 Å². The molecule has 1 aliphatic carbocycles. The predicted molar refractivity (Wildman–Crippen MR) is 85.7 cm³/mol. The van der Waals surface area contributed by atoms with E-state index < -0.39 is 17.5 Å². The molecule has 22 heavy (non-hydrogen) atoms. The molecule has 2 N–H and O–H groups in total. The summed E-state index contributed by atoms with van der Waals surface area (Å²) in [6.45, 7) is 5.79. The van der Waals surface area contributed by atoms with Gasteiger partial charge in [-0.3, -0.25) is 9.59 Å². The molecule has 1 rings (SSSR count). The van der Waals surface area contributed by atoms with Crippen LogP contribution in [0.1, 0.15) is 72.1 Å². The van der Waals surface area contributed by atoms with Crippen LogP contribution in [0.5, 0.6) is 0 Å². The van der Waals surface area contributed by atoms with E-state index in [0.717, 1.165) is 25.7 Å². The van der Waals surface area contributed by atoms with Crippen molar-refractivity contribution >= 4 is 11.9 Å². The minimum Gasteiger partial charge on any atom is -0.481 e. The number of ether oxygens (including phenoxy) is 1. The summed E-state index contributed by atoms with van der Waals surface area (Å²) in [5, 5.41) is 12.2. The topological polar surface area (TPSA) is 75.6 Å². The average molecular weight is 313 g/mol. The summed E-state index contributed by atoms with van der Waals surface area (Å²) in [7, 11) is 0. The largest absolute Gasteiger partial charge is 0.481 e. The molecule has 0 spiro atoms. The van der Waals surface area contributed by atoms with E-state index in [1.165, 1.54) is 6.42 Å². The second-order valence-corrected chi connectivity index (χ2v) is 6.30. The lowest BCUT2D eigenvalue weighted by Gasteiger charge is -2.29. The first-order valence-electron chi connectivity index (χ1n) is 8.65. The molecular formula is C17H31NO4. The lowest BCUT2D eigenvalue weighted by Crippen LogP contribution is -2.46. The molecule has 128 valence electrons. The summed E-state index contributed by atoms with van der Waals surface area (Å²) in [6, 6.07) is 0. The lowest BCUT2D eigenvalue weighted by atomic mass is 9.82. The first kappa shape index (κ1) is 18.9. The third-order valence-corrected chi connectivity index (χ3v) is 4.98. The minimum atomic E-state index is -0.876. The van der Waals surface area contributed by atoms with Gasteiger partial charge in [-0.2, -0.15) is 0 Å². The van der Waals surface area contributed by atoms with Crippen molar-refractivity contribution < 1.29 is 19.4 Å². The number of carboxylic acid groups (broad SMARTS) is 1. The maximum absolute atomic E-state index is 12.3. The Balaban J connectivity index is 2.54. The molecule has 5 heteroatoms. The number of carbonyl (C=O) groups is 2. The van der Waals surface area contributed by atoms with Crippen LogP contribution in [-0.4, -0.2) is 35.7 Å². The monoisotopic (exact) mass is 313 g/mol. The Kier molecular flexibility index (Phi) is 7.87. The Morgan fingerprint density at radius 3 is 2.23 bits per heavy atom. The maximum Gasteiger partial charge on any atom is 0.311 e. The van der Waals surface area contributed by atoms with Crippen molar-refractivity contribution in [2.45, 2.75) is 84.3 Å². The van der Waals surface area contributed by atoms with Crippen LogP contribution in [0.15, 0.2) is 0 Å². The van der Waals surface area contributed by atoms with Crippen LogP contribution in [0.3, 0.4) is 0 Å². The highest BCUT2D eigenvalue weighted by Gasteiger charge is 2.36. The Morgan fingerprint density at radius 2 is 1.77 bits per heavy atom. The lowest BCUT2D eigenvalue weighted by molar-refractivity contribution is -0.150. The summed E-state index contributed by atoms with van der Waals surface area (Å²) in [5.74, 6) is -1.03. The van der Waals surface area contributed by atoms with Gasteiger partial charge in [-0.05, 0) is 32.1 Å². The summed E-state index contributed by atoms with van der Waals surface area (Å²) < 4.78 is 5.94. The van der Waals surface area contributed by atoms with Crippen molar-refractivity contribution in [2.75, 3.05) is 6.54 Å². The van der Waals surface area contributed by atoms with Gasteiger partial charge in [-0.15, -0.1) is 0 Å². The first-order chi connectivity index (χ1) is 10.5. The number of amides is 1. The van der Waals surface area contributed by atoms with E-state index in [4.69, 9.17) is 4.74 Å². The molecule has 1 fully saturated rings. The van der Waals surface area contributed by atoms with Crippen molar-refractivity contribution in [1.82, 2.24) is 5.32 Å². The fourth-order valence-corrected chi connectivity index (χ4v) is 3.03. The number of aliphatic carboxylic acids is 1. The van der Waals surface area contributed by atoms with Crippen LogP contribution < -0.4 is 5.32 Å². The molecule has 1 amide bonds. The second-order valence-electron chi connectivity index (χ2n) is 6.30. The molecule has 0 heterocycles. The minimum absolute atomic E-state index is 0.165. The van der Waals surface area contributed by atoms with Gasteiger partial charge in [0.15, 0.2) is 0 Å². The van der Waals surface area contributed by atoms with Crippen molar-refractivity contribution in [3.8, 4) is 0 Å². The van der Waals surface area contributed by atoms with E-state index in [-0.39, 0.29) is 18.6 Å². The van der Waals surface area contributed by atoms with Gasteiger partial charge < -0.3 is 15.2 Å². The summed E-state index contributed by atoms with van der Waals surface area (Å²) in [4.78, 5) is 23.8. The maximum atomic E-state index is 12.3. The zero-order valence-electron chi connectivity index (χ0n) is 14.2. The summed E-state index contributed by atoms with van der Waals surface area (Å²) in [6.07, 6.45) is 6.93. The van der Waals surface area contributed by atoms with Crippen LogP contribution in [0, 0.1) is 5.41 Å². The molecule has 1 aliphatic rings. The number of carbonyl (C=O) groups excluding carboxylic acids is 1. The van der Waals surface area contributed by atoms with Crippen LogP contribution in [0.2, 0.25) is 0 Å². The van der Waals surface area contributed by atoms with E-state index in [2.05, 4.69) is 5.32 Å². The molecule has 0 bridgehead atoms. The van der Waals surface area contributed by atoms with Crippen molar-refractivity contribution in [2.24, 2.45) is 5.41 Å². The third-order valence-electron chi connectivity index (χ3n) is 4.98. The van der Waals surface area contributed by atoms with E-state index in [9.17, 15) is 14.7 Å². The predicted octanol–water partition coefficient (Wildman–Crippen LogP) is 3.12. The van der Waals surface area contributed by atoms with Crippen molar-refractivity contribution in [3.63, 3.8) is 0 Å². The number of hydrogen-bond donors (Lipinski definition) is 2. The molecule has 0 aromatic carbocycles. The normalized spacial score (nSPS) is 18.0. The fourth-order valence-electron chi connectivity index (χ4n) is 3.03. The SMILES string of the molecule is CCC(OC1CCCCC1)C(=O)NCC(CC)(CC)C(=O)O. The Bertz CT molecular complexity index is 360. The van der Waals surface area contributed by atoms with E-state index >= 15 is 0 Å². The standard InChI is InChI=1S/C17H31NO4/c1-4-14(22-13-10-8-7-9-11-13)15(19)18-12-17(5-2,6-3)16(20)21/h13-14H,4-12H2,1-3H3,(H,18,19)(H,20,21). The molecule has 0 aromatic rings. The third kappa shape index (κ3) is 4.97. The quantitative estimate of drug-likeness (QED) is 0.686. The van der Waals surface area contributed by atoms with E-state index in [0.29, 0.717) is 19.3 Å². The van der Waals surface area contributed by atoms with Crippen LogP contribution in [-0.2, 0) is 14.3 Å². The smallest absolute Gasteiger partial charge is 0.311 e. The summed E-state index contributed by atoms with van der Waals surface area (Å²) >= 11 is 0. The number of hydrogen-bond acceptors (Lipinski definition) is 3. The Hall–Kier alpha value is -1.10. The van der Waals surface area contributed by atoms with Gasteiger partial charge in [0.05, 0.1) is 11.5 Å². The van der Waals surface area contributed by atoms with Gasteiger partial charge in [0, 0.05) is 6.54 Å². The number of nitrogens with one attached hydrogen (secondary N) is 1. The highest BCUT2D eigenvalue weighted by Crippen LogP contribution is 2.26. The number of rotatable bonds is 9. The van der Waals surface area contributed by atoms with Gasteiger partial charge in [-0.25, -0.2) is 0 Å². The summed E-state index contributed by atoms with van der Waals surface area (Å²) in [5.41, 5.74) is -0.876. The highest BCUT2D eigenvalue weighted by molar-refractivity contribution is 5.82. The zero-order valence-corrected chi connectivity index (χ0v) is 14.2. The van der Waals surface area contributed by atoms with Gasteiger partial charge in [0.25, 0.3) is 0 Å². The Labute approximate surface area is 133 Å². The molecule has 1 atom stereocenters. The molecular weight excluding hydrogens is 282 g/mol. The molecule has 0 aromatic heterocycles. The van der Waals surface area contributed by atoms with Gasteiger partial charge in [0.1, 0.15) is 6.10 Å². The second kappa shape index (κ2) is 9.13. The fraction of sp³-hybridized carbons (Fsp3) is 0.882. The molecule has 0 saturated heterocycles. The molecule has 1 unspecified atom stereocenters. The van der Waals surface area contributed by atoms with Crippen LogP contribution in [0.4, 0.5) is 0 Å². The Morgan fingerprint density at radius 1 is 1.18 bits per heavy atom. The van der Waals surface area contributed by atoms with Gasteiger partial charge in [0.2, 0.25) is 5.91 Å². The van der Waals surface area contributed by atoms with E-state index in [1.54, 1.807) is 0 Å². The first-order valence-corrected chi connectivity index (χ1v) is 8.65. The zero-order chi connectivity index (χ0) is 16.6. The van der Waals surface area contributed by atoms with Crippen LogP contribution in [0.25, 0.3) is 0 Å². The molecule has 0 radical (unpaired) electrons. The van der Waals surface area contributed by atoms with E-state index in [1.807, 2.05) is 20.8 Å². The number of carboxylic acids is 1. The van der Waals surface area contributed by atoms with Crippen molar-refractivity contribution in [3.05, 3.63) is 0 Å². The van der Waals surface area contributed by atoms with Gasteiger partial charge in [-0.1, -0.05) is 40.0 Å². The highest BCUT2D eigenvalue weighted by atomic mass is 16.5. The molecule has 1 saturated carbocycles. The molecule has 5 nitrogen and oxygen atoms in total.